The number of fused-ring (bicyclic) bond motifs is 1. The molecule has 2 nitrogen and oxygen atoms in total. The normalized spacial score (nSPS) is 11.4. The summed E-state index contributed by atoms with van der Waals surface area (Å²) in [7, 11) is 0. The highest BCUT2D eigenvalue weighted by atomic mass is 79.9. The van der Waals surface area contributed by atoms with Crippen LogP contribution in [0.4, 0.5) is 0 Å². The molecule has 68 valence electrons. The van der Waals surface area contributed by atoms with Crippen molar-refractivity contribution < 1.29 is 0 Å². The second kappa shape index (κ2) is 3.14. The Morgan fingerprint density at radius 2 is 2.15 bits per heavy atom. The van der Waals surface area contributed by atoms with Gasteiger partial charge in [-0.15, -0.1) is 0 Å². The standard InChI is InChI=1S/C10H11BrN2/c1-6(2)7-3-4-9-8(5-7)10(11)13-12-9/h3-6H,1-2H3,(H,12,13). The first kappa shape index (κ1) is 8.75. The van der Waals surface area contributed by atoms with Crippen LogP contribution in [0, 0.1) is 0 Å². The van der Waals surface area contributed by atoms with E-state index in [1.165, 1.54) is 5.56 Å². The van der Waals surface area contributed by atoms with Crippen molar-refractivity contribution in [1.29, 1.82) is 0 Å². The summed E-state index contributed by atoms with van der Waals surface area (Å²) in [6.45, 7) is 4.38. The minimum Gasteiger partial charge on any atom is -0.270 e. The van der Waals surface area contributed by atoms with Crippen LogP contribution in [0.1, 0.15) is 25.3 Å². The molecule has 1 N–H and O–H groups in total. The SMILES string of the molecule is CC(C)c1ccc2n[nH]c(Br)c2c1. The number of aromatic amines is 1. The predicted molar refractivity (Wildman–Crippen MR) is 57.9 cm³/mol. The molecule has 0 atom stereocenters. The molecule has 2 rings (SSSR count). The van der Waals surface area contributed by atoms with E-state index in [4.69, 9.17) is 0 Å². The molecule has 0 aliphatic heterocycles. The number of aromatic nitrogens is 2. The van der Waals surface area contributed by atoms with Gasteiger partial charge in [0.05, 0.1) is 5.52 Å². The fraction of sp³-hybridized carbons (Fsp3) is 0.300. The van der Waals surface area contributed by atoms with Crippen LogP contribution in [-0.4, -0.2) is 10.2 Å². The van der Waals surface area contributed by atoms with Crippen molar-refractivity contribution in [2.24, 2.45) is 0 Å². The van der Waals surface area contributed by atoms with E-state index in [1.54, 1.807) is 0 Å². The van der Waals surface area contributed by atoms with E-state index in [9.17, 15) is 0 Å². The summed E-state index contributed by atoms with van der Waals surface area (Å²) in [5.41, 5.74) is 2.35. The first-order valence-corrected chi connectivity index (χ1v) is 5.11. The summed E-state index contributed by atoms with van der Waals surface area (Å²) >= 11 is 3.43. The minimum atomic E-state index is 0.561. The van der Waals surface area contributed by atoms with Crippen LogP contribution in [0.25, 0.3) is 10.9 Å². The molecule has 0 bridgehead atoms. The molecule has 0 aliphatic rings. The number of H-pyrrole nitrogens is 1. The number of benzene rings is 1. The van der Waals surface area contributed by atoms with Crippen LogP contribution < -0.4 is 0 Å². The monoisotopic (exact) mass is 238 g/mol. The highest BCUT2D eigenvalue weighted by Gasteiger charge is 2.05. The van der Waals surface area contributed by atoms with Crippen molar-refractivity contribution in [3.05, 3.63) is 28.4 Å². The average molecular weight is 239 g/mol. The fourth-order valence-electron chi connectivity index (χ4n) is 1.36. The predicted octanol–water partition coefficient (Wildman–Crippen LogP) is 3.45. The molecule has 0 aliphatic carbocycles. The third-order valence-corrected chi connectivity index (χ3v) is 2.80. The van der Waals surface area contributed by atoms with Gasteiger partial charge in [-0.25, -0.2) is 0 Å². The lowest BCUT2D eigenvalue weighted by atomic mass is 10.0. The maximum atomic E-state index is 4.15. The van der Waals surface area contributed by atoms with E-state index in [2.05, 4.69) is 52.1 Å². The minimum absolute atomic E-state index is 0.561. The summed E-state index contributed by atoms with van der Waals surface area (Å²) < 4.78 is 0.963. The molecule has 0 spiro atoms. The molecule has 0 fully saturated rings. The molecule has 1 aromatic carbocycles. The zero-order valence-electron chi connectivity index (χ0n) is 7.63. The summed E-state index contributed by atoms with van der Waals surface area (Å²) in [5.74, 6) is 0.561. The summed E-state index contributed by atoms with van der Waals surface area (Å²) in [6.07, 6.45) is 0. The van der Waals surface area contributed by atoms with Gasteiger partial charge in [0.25, 0.3) is 0 Å². The number of halogens is 1. The molecule has 0 radical (unpaired) electrons. The summed E-state index contributed by atoms with van der Waals surface area (Å²) in [5, 5.41) is 8.21. The first-order valence-electron chi connectivity index (χ1n) is 4.32. The number of nitrogens with zero attached hydrogens (tertiary/aromatic N) is 1. The molecule has 3 heteroatoms. The Balaban J connectivity index is 2.66. The van der Waals surface area contributed by atoms with E-state index < -0.39 is 0 Å². The molecule has 0 amide bonds. The Kier molecular flexibility index (Phi) is 2.12. The van der Waals surface area contributed by atoms with Crippen molar-refractivity contribution in [2.45, 2.75) is 19.8 Å². The fourth-order valence-corrected chi connectivity index (χ4v) is 1.76. The number of hydrogen-bond donors (Lipinski definition) is 1. The second-order valence-electron chi connectivity index (χ2n) is 3.47. The van der Waals surface area contributed by atoms with Crippen LogP contribution in [0.5, 0.6) is 0 Å². The number of rotatable bonds is 1. The Bertz CT molecular complexity index is 431. The van der Waals surface area contributed by atoms with Crippen LogP contribution in [0.3, 0.4) is 0 Å². The van der Waals surface area contributed by atoms with Gasteiger partial charge < -0.3 is 0 Å². The quantitative estimate of drug-likeness (QED) is 0.811. The largest absolute Gasteiger partial charge is 0.270 e. The molecule has 1 aromatic heterocycles. The van der Waals surface area contributed by atoms with Crippen LogP contribution >= 0.6 is 15.9 Å². The molecule has 1 heterocycles. The van der Waals surface area contributed by atoms with Crippen LogP contribution in [-0.2, 0) is 0 Å². The maximum Gasteiger partial charge on any atom is 0.108 e. The highest BCUT2D eigenvalue weighted by Crippen LogP contribution is 2.25. The molecular weight excluding hydrogens is 228 g/mol. The Morgan fingerprint density at radius 1 is 1.38 bits per heavy atom. The molecule has 0 saturated heterocycles. The van der Waals surface area contributed by atoms with Crippen LogP contribution in [0.2, 0.25) is 0 Å². The molecule has 2 aromatic rings. The van der Waals surface area contributed by atoms with E-state index in [0.717, 1.165) is 15.5 Å². The van der Waals surface area contributed by atoms with Crippen molar-refractivity contribution >= 4 is 26.8 Å². The van der Waals surface area contributed by atoms with Crippen molar-refractivity contribution in [3.63, 3.8) is 0 Å². The van der Waals surface area contributed by atoms with Gasteiger partial charge in [0.2, 0.25) is 0 Å². The second-order valence-corrected chi connectivity index (χ2v) is 4.26. The highest BCUT2D eigenvalue weighted by molar-refractivity contribution is 9.10. The van der Waals surface area contributed by atoms with E-state index >= 15 is 0 Å². The van der Waals surface area contributed by atoms with Crippen molar-refractivity contribution in [1.82, 2.24) is 10.2 Å². The average Bonchev–Trinajstić information content (AvgIpc) is 2.47. The van der Waals surface area contributed by atoms with Gasteiger partial charge in [-0.05, 0) is 39.5 Å². The third kappa shape index (κ3) is 1.48. The smallest absolute Gasteiger partial charge is 0.108 e. The van der Waals surface area contributed by atoms with Crippen molar-refractivity contribution in [3.8, 4) is 0 Å². The first-order chi connectivity index (χ1) is 6.18. The van der Waals surface area contributed by atoms with Crippen molar-refractivity contribution in [2.75, 3.05) is 0 Å². The third-order valence-electron chi connectivity index (χ3n) is 2.20. The zero-order chi connectivity index (χ0) is 9.42. The van der Waals surface area contributed by atoms with Crippen LogP contribution in [0.15, 0.2) is 22.8 Å². The Hall–Kier alpha value is -0.830. The van der Waals surface area contributed by atoms with Gasteiger partial charge in [-0.2, -0.15) is 5.10 Å². The molecule has 0 unspecified atom stereocenters. The topological polar surface area (TPSA) is 28.7 Å². The van der Waals surface area contributed by atoms with Gasteiger partial charge in [0.15, 0.2) is 0 Å². The van der Waals surface area contributed by atoms with Gasteiger partial charge in [-0.1, -0.05) is 19.9 Å². The molecule has 13 heavy (non-hydrogen) atoms. The Labute approximate surface area is 85.5 Å². The van der Waals surface area contributed by atoms with E-state index in [1.807, 2.05) is 6.07 Å². The van der Waals surface area contributed by atoms with E-state index in [0.29, 0.717) is 5.92 Å². The molecule has 0 saturated carbocycles. The lowest BCUT2D eigenvalue weighted by Gasteiger charge is -2.03. The number of hydrogen-bond acceptors (Lipinski definition) is 1. The van der Waals surface area contributed by atoms with E-state index in [-0.39, 0.29) is 0 Å². The molecular formula is C10H11BrN2. The Morgan fingerprint density at radius 3 is 2.85 bits per heavy atom. The van der Waals surface area contributed by atoms with Gasteiger partial charge in [-0.3, -0.25) is 5.10 Å². The lowest BCUT2D eigenvalue weighted by Crippen LogP contribution is -1.85. The van der Waals surface area contributed by atoms with Gasteiger partial charge >= 0.3 is 0 Å². The van der Waals surface area contributed by atoms with Gasteiger partial charge in [0.1, 0.15) is 4.60 Å². The summed E-state index contributed by atoms with van der Waals surface area (Å²) in [4.78, 5) is 0. The zero-order valence-corrected chi connectivity index (χ0v) is 9.22. The van der Waals surface area contributed by atoms with Gasteiger partial charge in [0, 0.05) is 5.39 Å². The summed E-state index contributed by atoms with van der Waals surface area (Å²) in [6, 6.07) is 6.35. The lowest BCUT2D eigenvalue weighted by molar-refractivity contribution is 0.869. The number of nitrogens with one attached hydrogen (secondary N) is 1. The maximum absolute atomic E-state index is 4.15.